The average Bonchev–Trinajstić information content (AvgIpc) is 2.04. The monoisotopic (exact) mass is 150 g/mol. The number of hydrogen-bond acceptors (Lipinski definition) is 4. The summed E-state index contributed by atoms with van der Waals surface area (Å²) < 4.78 is 0. The Labute approximate surface area is 63.2 Å². The summed E-state index contributed by atoms with van der Waals surface area (Å²) >= 11 is 0. The van der Waals surface area contributed by atoms with E-state index in [-0.39, 0.29) is 11.4 Å². The van der Waals surface area contributed by atoms with Crippen LogP contribution in [0.4, 0.5) is 11.4 Å². The minimum Gasteiger partial charge on any atom is -0.505 e. The summed E-state index contributed by atoms with van der Waals surface area (Å²) in [5.74, 6) is -0.176. The topological polar surface area (TPSA) is 62.0 Å². The van der Waals surface area contributed by atoms with Crippen LogP contribution in [0.5, 0.6) is 5.75 Å². The van der Waals surface area contributed by atoms with Crippen LogP contribution in [0, 0.1) is 4.91 Å². The maximum Gasteiger partial charge on any atom is 0.149 e. The lowest BCUT2D eigenvalue weighted by Crippen LogP contribution is -1.66. The van der Waals surface area contributed by atoms with E-state index in [0.29, 0.717) is 5.69 Å². The number of phenolic OH excluding ortho intramolecular Hbond substituents is 1. The fourth-order valence-corrected chi connectivity index (χ4v) is 0.687. The molecule has 4 heteroatoms. The molecule has 0 bridgehead atoms. The fraction of sp³-hybridized carbons (Fsp3) is 0. The van der Waals surface area contributed by atoms with E-state index in [1.807, 2.05) is 0 Å². The predicted molar refractivity (Wildman–Crippen MR) is 42.8 cm³/mol. The molecule has 0 saturated heterocycles. The second kappa shape index (κ2) is 2.92. The highest BCUT2D eigenvalue weighted by Crippen LogP contribution is 2.29. The van der Waals surface area contributed by atoms with Crippen molar-refractivity contribution in [3.63, 3.8) is 0 Å². The Hall–Kier alpha value is -1.71. The van der Waals surface area contributed by atoms with E-state index in [4.69, 9.17) is 5.11 Å². The summed E-state index contributed by atoms with van der Waals surface area (Å²) in [6.07, 6.45) is 0. The molecule has 0 saturated carbocycles. The van der Waals surface area contributed by atoms with Crippen LogP contribution in [0.3, 0.4) is 0 Å². The van der Waals surface area contributed by atoms with Crippen molar-refractivity contribution >= 4 is 18.1 Å². The van der Waals surface area contributed by atoms with E-state index < -0.39 is 0 Å². The van der Waals surface area contributed by atoms with Crippen molar-refractivity contribution in [1.82, 2.24) is 0 Å². The summed E-state index contributed by atoms with van der Waals surface area (Å²) in [7, 11) is 0. The zero-order valence-electron chi connectivity index (χ0n) is 5.69. The van der Waals surface area contributed by atoms with Gasteiger partial charge in [0, 0.05) is 6.07 Å². The number of phenols is 1. The van der Waals surface area contributed by atoms with Gasteiger partial charge in [-0.25, -0.2) is 0 Å². The zero-order valence-corrected chi connectivity index (χ0v) is 5.69. The van der Waals surface area contributed by atoms with Crippen LogP contribution in [0.1, 0.15) is 0 Å². The number of nitrogens with zero attached hydrogens (tertiary/aromatic N) is 2. The minimum absolute atomic E-state index is 0.0115. The Morgan fingerprint density at radius 2 is 2.18 bits per heavy atom. The fourth-order valence-electron chi connectivity index (χ4n) is 0.687. The van der Waals surface area contributed by atoms with Gasteiger partial charge in [-0.1, -0.05) is 0 Å². The smallest absolute Gasteiger partial charge is 0.149 e. The van der Waals surface area contributed by atoms with Crippen molar-refractivity contribution in [3.05, 3.63) is 23.1 Å². The van der Waals surface area contributed by atoms with Crippen LogP contribution in [0.15, 0.2) is 28.4 Å². The molecule has 0 aliphatic heterocycles. The number of nitroso groups, excluding NO2 is 1. The molecule has 0 aliphatic carbocycles. The average molecular weight is 150 g/mol. The summed E-state index contributed by atoms with van der Waals surface area (Å²) in [6, 6.07) is 4.25. The van der Waals surface area contributed by atoms with Crippen LogP contribution < -0.4 is 0 Å². The van der Waals surface area contributed by atoms with E-state index in [0.717, 1.165) is 0 Å². The molecule has 0 aliphatic rings. The van der Waals surface area contributed by atoms with Crippen LogP contribution in [-0.4, -0.2) is 11.8 Å². The molecule has 0 unspecified atom stereocenters. The molecule has 0 spiro atoms. The second-order valence-corrected chi connectivity index (χ2v) is 1.92. The summed E-state index contributed by atoms with van der Waals surface area (Å²) in [5.41, 5.74) is 0.521. The second-order valence-electron chi connectivity index (χ2n) is 1.92. The summed E-state index contributed by atoms with van der Waals surface area (Å²) in [6.45, 7) is 3.26. The van der Waals surface area contributed by atoms with Crippen LogP contribution in [-0.2, 0) is 0 Å². The molecule has 1 aromatic carbocycles. The van der Waals surface area contributed by atoms with Gasteiger partial charge in [0.1, 0.15) is 11.4 Å². The first kappa shape index (κ1) is 7.40. The number of aliphatic imine (C=N–C) groups is 1. The molecular weight excluding hydrogens is 144 g/mol. The van der Waals surface area contributed by atoms with Crippen molar-refractivity contribution in [3.8, 4) is 5.75 Å². The first-order chi connectivity index (χ1) is 5.27. The molecule has 0 fully saturated rings. The van der Waals surface area contributed by atoms with Gasteiger partial charge < -0.3 is 5.11 Å². The Bertz CT molecular complexity index is 296. The third-order valence-electron chi connectivity index (χ3n) is 1.24. The lowest BCUT2D eigenvalue weighted by Gasteiger charge is -1.95. The number of benzene rings is 1. The van der Waals surface area contributed by atoms with Gasteiger partial charge in [-0.05, 0) is 24.0 Å². The maximum atomic E-state index is 9.97. The van der Waals surface area contributed by atoms with Gasteiger partial charge in [0.15, 0.2) is 0 Å². The van der Waals surface area contributed by atoms with E-state index in [1.165, 1.54) is 12.1 Å². The van der Waals surface area contributed by atoms with Crippen LogP contribution in [0.2, 0.25) is 0 Å². The van der Waals surface area contributed by atoms with E-state index in [9.17, 15) is 4.91 Å². The first-order valence-electron chi connectivity index (χ1n) is 2.91. The van der Waals surface area contributed by atoms with Crippen LogP contribution >= 0.6 is 0 Å². The van der Waals surface area contributed by atoms with Crippen molar-refractivity contribution in [2.45, 2.75) is 0 Å². The van der Waals surface area contributed by atoms with E-state index in [2.05, 4.69) is 16.9 Å². The molecule has 1 N–H and O–H groups in total. The van der Waals surface area contributed by atoms with Crippen LogP contribution in [0.25, 0.3) is 0 Å². The summed E-state index contributed by atoms with van der Waals surface area (Å²) in [4.78, 5) is 13.5. The third kappa shape index (κ3) is 1.40. The number of aromatic hydroxyl groups is 1. The van der Waals surface area contributed by atoms with E-state index >= 15 is 0 Å². The molecule has 0 atom stereocenters. The molecule has 1 rings (SSSR count). The quantitative estimate of drug-likeness (QED) is 0.518. The predicted octanol–water partition coefficient (Wildman–Crippen LogP) is 2.12. The molecule has 0 radical (unpaired) electrons. The Morgan fingerprint density at radius 1 is 1.45 bits per heavy atom. The highest BCUT2D eigenvalue weighted by Gasteiger charge is 2.00. The van der Waals surface area contributed by atoms with Crippen molar-refractivity contribution in [1.29, 1.82) is 0 Å². The highest BCUT2D eigenvalue weighted by atomic mass is 16.3. The SMILES string of the molecule is C=Nc1ccc(N=O)c(O)c1. The van der Waals surface area contributed by atoms with Crippen molar-refractivity contribution in [2.24, 2.45) is 10.2 Å². The first-order valence-corrected chi connectivity index (χ1v) is 2.91. The lowest BCUT2D eigenvalue weighted by atomic mass is 10.2. The number of rotatable bonds is 2. The zero-order chi connectivity index (χ0) is 8.27. The molecule has 0 heterocycles. The number of hydrogen-bond donors (Lipinski definition) is 1. The molecular formula is C7H6N2O2. The minimum atomic E-state index is -0.176. The molecule has 56 valence electrons. The Kier molecular flexibility index (Phi) is 1.96. The van der Waals surface area contributed by atoms with Gasteiger partial charge in [-0.3, -0.25) is 4.99 Å². The summed E-state index contributed by atoms with van der Waals surface area (Å²) in [5, 5.41) is 11.6. The largest absolute Gasteiger partial charge is 0.505 e. The lowest BCUT2D eigenvalue weighted by molar-refractivity contribution is 0.477. The molecule has 0 amide bonds. The molecule has 11 heavy (non-hydrogen) atoms. The van der Waals surface area contributed by atoms with Crippen molar-refractivity contribution in [2.75, 3.05) is 0 Å². The Balaban J connectivity index is 3.18. The standard InChI is InChI=1S/C7H6N2O2/c1-8-5-2-3-6(9-11)7(10)4-5/h2-4,10H,1H2. The van der Waals surface area contributed by atoms with Gasteiger partial charge in [-0.15, -0.1) is 4.91 Å². The van der Waals surface area contributed by atoms with Gasteiger partial charge in [0.05, 0.1) is 5.69 Å². The Morgan fingerprint density at radius 3 is 2.64 bits per heavy atom. The van der Waals surface area contributed by atoms with Gasteiger partial charge in [0.2, 0.25) is 0 Å². The maximum absolute atomic E-state index is 9.97. The van der Waals surface area contributed by atoms with E-state index in [1.54, 1.807) is 6.07 Å². The molecule has 4 nitrogen and oxygen atoms in total. The molecule has 1 aromatic rings. The van der Waals surface area contributed by atoms with Gasteiger partial charge >= 0.3 is 0 Å². The highest BCUT2D eigenvalue weighted by molar-refractivity contribution is 5.59. The van der Waals surface area contributed by atoms with Gasteiger partial charge in [0.25, 0.3) is 0 Å². The normalized spacial score (nSPS) is 9.09. The van der Waals surface area contributed by atoms with Gasteiger partial charge in [-0.2, -0.15) is 0 Å². The molecule has 0 aromatic heterocycles. The van der Waals surface area contributed by atoms with Crippen molar-refractivity contribution < 1.29 is 5.11 Å². The third-order valence-corrected chi connectivity index (χ3v) is 1.24.